The fraction of sp³-hybridized carbons (Fsp3) is 0.216. The molecule has 0 saturated heterocycles. The molecule has 41 heavy (non-hydrogen) atoms. The van der Waals surface area contributed by atoms with E-state index in [1.54, 1.807) is 0 Å². The Morgan fingerprint density at radius 3 is 2.49 bits per heavy atom. The number of hydrazone groups is 1. The molecule has 0 unspecified atom stereocenters. The predicted molar refractivity (Wildman–Crippen MR) is 174 cm³/mol. The smallest absolute Gasteiger partial charge is 0.160 e. The van der Waals surface area contributed by atoms with Gasteiger partial charge < -0.3 is 15.6 Å². The van der Waals surface area contributed by atoms with Crippen LogP contribution in [0.5, 0.6) is 0 Å². The zero-order valence-corrected chi connectivity index (χ0v) is 24.2. The molecule has 5 rings (SSSR count). The van der Waals surface area contributed by atoms with E-state index >= 15 is 0 Å². The van der Waals surface area contributed by atoms with Gasteiger partial charge in [0.25, 0.3) is 0 Å². The quantitative estimate of drug-likeness (QED) is 0.107. The van der Waals surface area contributed by atoms with Crippen LogP contribution in [0.25, 0.3) is 0 Å². The van der Waals surface area contributed by atoms with Crippen molar-refractivity contribution < 1.29 is 0 Å². The van der Waals surface area contributed by atoms with Crippen molar-refractivity contribution in [2.24, 2.45) is 10.9 Å². The summed E-state index contributed by atoms with van der Waals surface area (Å²) in [6, 6.07) is 27.8. The summed E-state index contributed by atoms with van der Waals surface area (Å²) in [4.78, 5) is 4.67. The molecule has 3 aromatic carbocycles. The summed E-state index contributed by atoms with van der Waals surface area (Å²) in [6.45, 7) is 5.05. The van der Waals surface area contributed by atoms with Gasteiger partial charge in [0.15, 0.2) is 5.84 Å². The fourth-order valence-corrected chi connectivity index (χ4v) is 5.60. The normalized spacial score (nSPS) is 18.2. The van der Waals surface area contributed by atoms with Gasteiger partial charge in [-0.3, -0.25) is 0 Å². The molecule has 4 heteroatoms. The van der Waals surface area contributed by atoms with Gasteiger partial charge in [-0.25, -0.2) is 0 Å². The van der Waals surface area contributed by atoms with E-state index in [0.29, 0.717) is 6.54 Å². The number of aryl methyl sites for hydroxylation is 1. The lowest BCUT2D eigenvalue weighted by molar-refractivity contribution is 0.484. The number of hydrogen-bond donors (Lipinski definition) is 1. The molecule has 0 amide bonds. The Balaban J connectivity index is 1.58. The first kappa shape index (κ1) is 28.0. The second kappa shape index (κ2) is 13.7. The second-order valence-corrected chi connectivity index (χ2v) is 10.6. The highest BCUT2D eigenvalue weighted by atomic mass is 15.3. The van der Waals surface area contributed by atoms with Crippen LogP contribution < -0.4 is 10.7 Å². The van der Waals surface area contributed by atoms with E-state index < -0.39 is 0 Å². The number of anilines is 2. The van der Waals surface area contributed by atoms with Crippen LogP contribution in [0.2, 0.25) is 0 Å². The van der Waals surface area contributed by atoms with Crippen molar-refractivity contribution >= 4 is 17.2 Å². The highest BCUT2D eigenvalue weighted by molar-refractivity contribution is 6.01. The minimum absolute atomic E-state index is 0.664. The molecular formula is C37H40N4. The van der Waals surface area contributed by atoms with E-state index in [1.807, 2.05) is 0 Å². The van der Waals surface area contributed by atoms with Crippen LogP contribution in [-0.4, -0.2) is 10.7 Å². The molecule has 2 aliphatic rings. The molecule has 2 N–H and O–H groups in total. The molecule has 0 radical (unpaired) electrons. The molecular weight excluding hydrogens is 500 g/mol. The van der Waals surface area contributed by atoms with Crippen molar-refractivity contribution in [1.82, 2.24) is 4.90 Å². The summed E-state index contributed by atoms with van der Waals surface area (Å²) in [6.07, 6.45) is 20.6. The topological polar surface area (TPSA) is 44.9 Å². The predicted octanol–water partition coefficient (Wildman–Crippen LogP) is 9.06. The van der Waals surface area contributed by atoms with Crippen LogP contribution in [0.4, 0.5) is 11.4 Å². The maximum absolute atomic E-state index is 6.19. The van der Waals surface area contributed by atoms with E-state index in [4.69, 9.17) is 5.84 Å². The van der Waals surface area contributed by atoms with Gasteiger partial charge in [0.2, 0.25) is 0 Å². The maximum atomic E-state index is 6.19. The van der Waals surface area contributed by atoms with E-state index in [-0.39, 0.29) is 0 Å². The number of amidine groups is 1. The average Bonchev–Trinajstić information content (AvgIpc) is 3.27. The Morgan fingerprint density at radius 1 is 0.854 bits per heavy atom. The lowest BCUT2D eigenvalue weighted by atomic mass is 9.99. The Kier molecular flexibility index (Phi) is 9.33. The number of nitrogens with zero attached hydrogens (tertiary/aromatic N) is 3. The van der Waals surface area contributed by atoms with Gasteiger partial charge in [0.05, 0.1) is 0 Å². The Bertz CT molecular complexity index is 1520. The Morgan fingerprint density at radius 2 is 1.66 bits per heavy atom. The fourth-order valence-electron chi connectivity index (χ4n) is 5.60. The Hall–Kier alpha value is -4.57. The SMILES string of the molecule is C/C1=C(\N(Cc2cccc(N(C3=CCC=CC=C3)c3ccccc3)c2)/C(=N\N)c2ccccc2C)C/C=C\CCC1. The first-order chi connectivity index (χ1) is 20.2. The van der Waals surface area contributed by atoms with E-state index in [0.717, 1.165) is 66.1 Å². The van der Waals surface area contributed by atoms with E-state index in [1.165, 1.54) is 16.8 Å². The van der Waals surface area contributed by atoms with Crippen molar-refractivity contribution in [3.63, 3.8) is 0 Å². The maximum Gasteiger partial charge on any atom is 0.160 e. The van der Waals surface area contributed by atoms with Crippen molar-refractivity contribution in [2.45, 2.75) is 52.5 Å². The number of hydrogen-bond acceptors (Lipinski definition) is 3. The monoisotopic (exact) mass is 540 g/mol. The van der Waals surface area contributed by atoms with Gasteiger partial charge in [-0.2, -0.15) is 5.10 Å². The summed E-state index contributed by atoms with van der Waals surface area (Å²) in [5.74, 6) is 7.00. The molecule has 0 spiro atoms. The van der Waals surface area contributed by atoms with Crippen LogP contribution >= 0.6 is 0 Å². The first-order valence-corrected chi connectivity index (χ1v) is 14.6. The number of allylic oxidation sites excluding steroid dienone is 8. The second-order valence-electron chi connectivity index (χ2n) is 10.6. The molecule has 2 aliphatic carbocycles. The molecule has 0 atom stereocenters. The third kappa shape index (κ3) is 6.78. The van der Waals surface area contributed by atoms with Crippen LogP contribution in [-0.2, 0) is 6.54 Å². The van der Waals surface area contributed by atoms with E-state index in [9.17, 15) is 0 Å². The molecule has 4 nitrogen and oxygen atoms in total. The molecule has 0 aliphatic heterocycles. The number of para-hydroxylation sites is 1. The van der Waals surface area contributed by atoms with Crippen LogP contribution in [0.15, 0.2) is 143 Å². The van der Waals surface area contributed by atoms with Gasteiger partial charge in [-0.05, 0) is 81.0 Å². The summed E-state index contributed by atoms with van der Waals surface area (Å²) in [7, 11) is 0. The standard InChI is InChI=1S/C37H40N4/c1-29-17-14-15-25-35(29)37(39-38)40(36-26-13-6-3-8-18-30(36)2)28-31-19-16-24-34(27-31)41(33-22-11-7-12-23-33)32-20-9-4-5-10-21-32/h4-7,9,11-17,19-25,27H,3,8,10,18,26,28,38H2,1-2H3/b13-6-,36-30+,39-37-. The zero-order valence-electron chi connectivity index (χ0n) is 24.2. The molecule has 3 aromatic rings. The van der Waals surface area contributed by atoms with Crippen molar-refractivity contribution in [3.8, 4) is 0 Å². The van der Waals surface area contributed by atoms with Crippen molar-refractivity contribution in [2.75, 3.05) is 4.90 Å². The summed E-state index contributed by atoms with van der Waals surface area (Å²) < 4.78 is 0. The van der Waals surface area contributed by atoms with Crippen molar-refractivity contribution in [3.05, 3.63) is 155 Å². The van der Waals surface area contributed by atoms with Crippen molar-refractivity contribution in [1.29, 1.82) is 0 Å². The van der Waals surface area contributed by atoms with Crippen LogP contribution in [0.1, 0.15) is 55.7 Å². The highest BCUT2D eigenvalue weighted by Gasteiger charge is 2.22. The van der Waals surface area contributed by atoms with Gasteiger partial charge in [-0.1, -0.05) is 96.6 Å². The zero-order chi connectivity index (χ0) is 28.4. The lowest BCUT2D eigenvalue weighted by Gasteiger charge is -2.32. The molecule has 0 heterocycles. The molecule has 0 aromatic heterocycles. The third-order valence-corrected chi connectivity index (χ3v) is 7.74. The van der Waals surface area contributed by atoms with Gasteiger partial charge >= 0.3 is 0 Å². The summed E-state index contributed by atoms with van der Waals surface area (Å²) in [5, 5.41) is 4.42. The molecule has 0 saturated carbocycles. The van der Waals surface area contributed by atoms with Gasteiger partial charge in [0, 0.05) is 41.3 Å². The lowest BCUT2D eigenvalue weighted by Crippen LogP contribution is -2.33. The van der Waals surface area contributed by atoms with Gasteiger partial charge in [-0.15, -0.1) is 0 Å². The van der Waals surface area contributed by atoms with Gasteiger partial charge in [0.1, 0.15) is 0 Å². The Labute approximate surface area is 245 Å². The minimum Gasteiger partial charge on any atom is -0.324 e. The summed E-state index contributed by atoms with van der Waals surface area (Å²) >= 11 is 0. The average molecular weight is 541 g/mol. The third-order valence-electron chi connectivity index (χ3n) is 7.74. The number of rotatable bonds is 7. The minimum atomic E-state index is 0.664. The highest BCUT2D eigenvalue weighted by Crippen LogP contribution is 2.33. The molecule has 0 bridgehead atoms. The number of benzene rings is 3. The van der Waals surface area contributed by atoms with Crippen LogP contribution in [0.3, 0.4) is 0 Å². The molecule has 208 valence electrons. The summed E-state index contributed by atoms with van der Waals surface area (Å²) in [5.41, 5.74) is 9.50. The largest absolute Gasteiger partial charge is 0.324 e. The first-order valence-electron chi connectivity index (χ1n) is 14.6. The molecule has 0 fully saturated rings. The number of nitrogens with two attached hydrogens (primary N) is 1. The van der Waals surface area contributed by atoms with E-state index in [2.05, 4.69) is 150 Å². The van der Waals surface area contributed by atoms with Crippen LogP contribution in [0, 0.1) is 6.92 Å².